The molecule has 100 valence electrons. The van der Waals surface area contributed by atoms with Crippen molar-refractivity contribution in [1.29, 1.82) is 0 Å². The van der Waals surface area contributed by atoms with Crippen LogP contribution in [0.2, 0.25) is 0 Å². The SMILES string of the molecule is O=C(CCC1CCCN1)Nc1cccc2cn[nH]c12. The standard InChI is InChI=1S/C14H18N4O/c19-13(7-6-11-4-2-8-15-11)17-12-5-1-3-10-9-16-18-14(10)12/h1,3,5,9,11,15H,2,4,6-8H2,(H,16,18)(H,17,19). The highest BCUT2D eigenvalue weighted by molar-refractivity contribution is 6.00. The Balaban J connectivity index is 1.60. The molecule has 1 saturated heterocycles. The van der Waals surface area contributed by atoms with Crippen LogP contribution in [0.5, 0.6) is 0 Å². The molecular formula is C14H18N4O. The van der Waals surface area contributed by atoms with Crippen molar-refractivity contribution in [3.05, 3.63) is 24.4 Å². The van der Waals surface area contributed by atoms with Crippen LogP contribution < -0.4 is 10.6 Å². The second-order valence-electron chi connectivity index (χ2n) is 5.02. The lowest BCUT2D eigenvalue weighted by Gasteiger charge is -2.10. The largest absolute Gasteiger partial charge is 0.324 e. The number of hydrogen-bond acceptors (Lipinski definition) is 3. The minimum Gasteiger partial charge on any atom is -0.324 e. The summed E-state index contributed by atoms with van der Waals surface area (Å²) >= 11 is 0. The second-order valence-corrected chi connectivity index (χ2v) is 5.02. The van der Waals surface area contributed by atoms with E-state index in [1.165, 1.54) is 12.8 Å². The second kappa shape index (κ2) is 5.40. The summed E-state index contributed by atoms with van der Waals surface area (Å²) < 4.78 is 0. The molecule has 0 saturated carbocycles. The molecular weight excluding hydrogens is 240 g/mol. The van der Waals surface area contributed by atoms with Gasteiger partial charge in [0.05, 0.1) is 17.4 Å². The van der Waals surface area contributed by atoms with Crippen LogP contribution in [0, 0.1) is 0 Å². The molecule has 1 fully saturated rings. The fourth-order valence-electron chi connectivity index (χ4n) is 2.59. The van der Waals surface area contributed by atoms with E-state index in [4.69, 9.17) is 0 Å². The Kier molecular flexibility index (Phi) is 3.46. The first-order valence-electron chi connectivity index (χ1n) is 6.78. The number of amides is 1. The number of anilines is 1. The monoisotopic (exact) mass is 258 g/mol. The first-order valence-corrected chi connectivity index (χ1v) is 6.78. The predicted molar refractivity (Wildman–Crippen MR) is 75.0 cm³/mol. The molecule has 1 aromatic carbocycles. The average Bonchev–Trinajstić information content (AvgIpc) is 3.08. The quantitative estimate of drug-likeness (QED) is 0.786. The lowest BCUT2D eigenvalue weighted by Crippen LogP contribution is -2.23. The summed E-state index contributed by atoms with van der Waals surface area (Å²) in [6.45, 7) is 1.08. The zero-order valence-corrected chi connectivity index (χ0v) is 10.8. The number of aromatic nitrogens is 2. The molecule has 5 heteroatoms. The highest BCUT2D eigenvalue weighted by Gasteiger charge is 2.15. The van der Waals surface area contributed by atoms with Gasteiger partial charge in [0.15, 0.2) is 0 Å². The summed E-state index contributed by atoms with van der Waals surface area (Å²) in [7, 11) is 0. The van der Waals surface area contributed by atoms with Crippen LogP contribution in [0.15, 0.2) is 24.4 Å². The smallest absolute Gasteiger partial charge is 0.224 e. The number of nitrogens with one attached hydrogen (secondary N) is 3. The first-order chi connectivity index (χ1) is 9.33. The van der Waals surface area contributed by atoms with Gasteiger partial charge in [-0.3, -0.25) is 9.89 Å². The van der Waals surface area contributed by atoms with E-state index in [1.54, 1.807) is 6.20 Å². The number of carbonyl (C=O) groups is 1. The molecule has 1 amide bonds. The van der Waals surface area contributed by atoms with Crippen molar-refractivity contribution in [2.24, 2.45) is 0 Å². The fourth-order valence-corrected chi connectivity index (χ4v) is 2.59. The van der Waals surface area contributed by atoms with Crippen LogP contribution in [-0.2, 0) is 4.79 Å². The third-order valence-electron chi connectivity index (χ3n) is 3.63. The van der Waals surface area contributed by atoms with Crippen molar-refractivity contribution in [3.63, 3.8) is 0 Å². The minimum atomic E-state index is 0.0656. The molecule has 19 heavy (non-hydrogen) atoms. The third kappa shape index (κ3) is 2.76. The summed E-state index contributed by atoms with van der Waals surface area (Å²) in [6, 6.07) is 6.29. The Morgan fingerprint density at radius 2 is 2.42 bits per heavy atom. The van der Waals surface area contributed by atoms with Gasteiger partial charge < -0.3 is 10.6 Å². The summed E-state index contributed by atoms with van der Waals surface area (Å²) in [5, 5.41) is 14.3. The molecule has 0 spiro atoms. The zero-order chi connectivity index (χ0) is 13.1. The zero-order valence-electron chi connectivity index (χ0n) is 10.8. The van der Waals surface area contributed by atoms with Crippen LogP contribution in [0.25, 0.3) is 10.9 Å². The summed E-state index contributed by atoms with van der Waals surface area (Å²) in [6.07, 6.45) is 5.63. The van der Waals surface area contributed by atoms with Gasteiger partial charge in [-0.2, -0.15) is 5.10 Å². The number of aromatic amines is 1. The Bertz CT molecular complexity index is 572. The Morgan fingerprint density at radius 3 is 3.26 bits per heavy atom. The van der Waals surface area contributed by atoms with E-state index in [0.717, 1.165) is 29.6 Å². The normalized spacial score (nSPS) is 18.8. The molecule has 1 aromatic heterocycles. The lowest BCUT2D eigenvalue weighted by molar-refractivity contribution is -0.116. The Labute approximate surface area is 111 Å². The minimum absolute atomic E-state index is 0.0656. The maximum Gasteiger partial charge on any atom is 0.224 e. The van der Waals surface area contributed by atoms with Crippen LogP contribution in [0.4, 0.5) is 5.69 Å². The van der Waals surface area contributed by atoms with Gasteiger partial charge >= 0.3 is 0 Å². The molecule has 1 aliphatic rings. The van der Waals surface area contributed by atoms with Crippen LogP contribution in [-0.4, -0.2) is 28.7 Å². The number of para-hydroxylation sites is 1. The molecule has 3 rings (SSSR count). The van der Waals surface area contributed by atoms with E-state index in [2.05, 4.69) is 20.8 Å². The van der Waals surface area contributed by atoms with Crippen LogP contribution >= 0.6 is 0 Å². The van der Waals surface area contributed by atoms with Gasteiger partial charge in [0, 0.05) is 17.8 Å². The van der Waals surface area contributed by atoms with Crippen molar-refractivity contribution in [2.75, 3.05) is 11.9 Å². The van der Waals surface area contributed by atoms with Crippen LogP contribution in [0.3, 0.4) is 0 Å². The number of rotatable bonds is 4. The van der Waals surface area contributed by atoms with E-state index in [0.29, 0.717) is 12.5 Å². The molecule has 0 aliphatic carbocycles. The van der Waals surface area contributed by atoms with Gasteiger partial charge in [-0.1, -0.05) is 12.1 Å². The van der Waals surface area contributed by atoms with Gasteiger partial charge in [0.25, 0.3) is 0 Å². The molecule has 2 aromatic rings. The average molecular weight is 258 g/mol. The molecule has 1 aliphatic heterocycles. The Hall–Kier alpha value is -1.88. The van der Waals surface area contributed by atoms with Crippen molar-refractivity contribution in [1.82, 2.24) is 15.5 Å². The number of carbonyl (C=O) groups excluding carboxylic acids is 1. The molecule has 0 radical (unpaired) electrons. The van der Waals surface area contributed by atoms with Gasteiger partial charge in [0.2, 0.25) is 5.91 Å². The number of benzene rings is 1. The predicted octanol–water partition coefficient (Wildman–Crippen LogP) is 2.03. The van der Waals surface area contributed by atoms with Crippen LogP contribution in [0.1, 0.15) is 25.7 Å². The third-order valence-corrected chi connectivity index (χ3v) is 3.63. The molecule has 1 unspecified atom stereocenters. The van der Waals surface area contributed by atoms with E-state index in [-0.39, 0.29) is 5.91 Å². The molecule has 0 bridgehead atoms. The van der Waals surface area contributed by atoms with Crippen molar-refractivity contribution in [3.8, 4) is 0 Å². The lowest BCUT2D eigenvalue weighted by atomic mass is 10.1. The van der Waals surface area contributed by atoms with Gasteiger partial charge in [-0.05, 0) is 31.9 Å². The van der Waals surface area contributed by atoms with Gasteiger partial charge in [0.1, 0.15) is 0 Å². The number of H-pyrrole nitrogens is 1. The van der Waals surface area contributed by atoms with Crippen molar-refractivity contribution in [2.45, 2.75) is 31.7 Å². The van der Waals surface area contributed by atoms with Crippen molar-refractivity contribution < 1.29 is 4.79 Å². The van der Waals surface area contributed by atoms with Crippen molar-refractivity contribution >= 4 is 22.5 Å². The number of nitrogens with zero attached hydrogens (tertiary/aromatic N) is 1. The maximum atomic E-state index is 12.0. The first kappa shape index (κ1) is 12.2. The molecule has 5 nitrogen and oxygen atoms in total. The van der Waals surface area contributed by atoms with Gasteiger partial charge in [-0.15, -0.1) is 0 Å². The summed E-state index contributed by atoms with van der Waals surface area (Å²) in [5.41, 5.74) is 1.69. The summed E-state index contributed by atoms with van der Waals surface area (Å²) in [5.74, 6) is 0.0656. The topological polar surface area (TPSA) is 69.8 Å². The number of hydrogen-bond donors (Lipinski definition) is 3. The van der Waals surface area contributed by atoms with E-state index < -0.39 is 0 Å². The summed E-state index contributed by atoms with van der Waals surface area (Å²) in [4.78, 5) is 12.0. The molecule has 2 heterocycles. The van der Waals surface area contributed by atoms with Gasteiger partial charge in [-0.25, -0.2) is 0 Å². The van der Waals surface area contributed by atoms with E-state index >= 15 is 0 Å². The highest BCUT2D eigenvalue weighted by Crippen LogP contribution is 2.21. The number of fused-ring (bicyclic) bond motifs is 1. The fraction of sp³-hybridized carbons (Fsp3) is 0.429. The molecule has 1 atom stereocenters. The van der Waals surface area contributed by atoms with E-state index in [9.17, 15) is 4.79 Å². The maximum absolute atomic E-state index is 12.0. The van der Waals surface area contributed by atoms with E-state index in [1.807, 2.05) is 18.2 Å². The highest BCUT2D eigenvalue weighted by atomic mass is 16.1. The molecule has 3 N–H and O–H groups in total. The Morgan fingerprint density at radius 1 is 1.47 bits per heavy atom.